The normalized spacial score (nSPS) is 10.0. The lowest BCUT2D eigenvalue weighted by Gasteiger charge is -2.08. The van der Waals surface area contributed by atoms with Crippen molar-refractivity contribution < 1.29 is 23.5 Å². The van der Waals surface area contributed by atoms with Gasteiger partial charge in [-0.15, -0.1) is 0 Å². The summed E-state index contributed by atoms with van der Waals surface area (Å²) in [6.07, 6.45) is 0. The maximum Gasteiger partial charge on any atom is 0.343 e. The van der Waals surface area contributed by atoms with Crippen molar-refractivity contribution in [3.05, 3.63) is 70.5 Å². The second kappa shape index (κ2) is 8.79. The zero-order valence-electron chi connectivity index (χ0n) is 12.9. The Kier molecular flexibility index (Phi) is 6.47. The van der Waals surface area contributed by atoms with Crippen LogP contribution in [0.3, 0.4) is 0 Å². The minimum Gasteiger partial charge on any atom is -0.452 e. The highest BCUT2D eigenvalue weighted by Gasteiger charge is 2.18. The Morgan fingerprint density at radius 2 is 1.76 bits per heavy atom. The first-order valence-electron chi connectivity index (χ1n) is 7.20. The highest BCUT2D eigenvalue weighted by atomic mass is 35.5. The van der Waals surface area contributed by atoms with Gasteiger partial charge in [0.15, 0.2) is 6.61 Å². The Morgan fingerprint density at radius 1 is 1.04 bits per heavy atom. The lowest BCUT2D eigenvalue weighted by atomic mass is 10.2. The van der Waals surface area contributed by atoms with Crippen LogP contribution in [-0.2, 0) is 16.1 Å². The van der Waals surface area contributed by atoms with Gasteiger partial charge in [-0.1, -0.05) is 48.0 Å². The SMILES string of the molecule is O=C(COC(=O)c1c(F)cccc1Cl)NC(=O)NCc1ccccc1. The first-order chi connectivity index (χ1) is 12.0. The minimum atomic E-state index is -1.09. The van der Waals surface area contributed by atoms with Gasteiger partial charge in [-0.05, 0) is 17.7 Å². The molecule has 0 radical (unpaired) electrons. The Morgan fingerprint density at radius 3 is 2.44 bits per heavy atom. The predicted molar refractivity (Wildman–Crippen MR) is 88.5 cm³/mol. The number of benzene rings is 2. The van der Waals surface area contributed by atoms with Gasteiger partial charge in [-0.3, -0.25) is 10.1 Å². The van der Waals surface area contributed by atoms with Gasteiger partial charge in [0.1, 0.15) is 11.4 Å². The van der Waals surface area contributed by atoms with Crippen LogP contribution in [0.5, 0.6) is 0 Å². The van der Waals surface area contributed by atoms with E-state index >= 15 is 0 Å². The quantitative estimate of drug-likeness (QED) is 0.799. The van der Waals surface area contributed by atoms with Crippen LogP contribution < -0.4 is 10.6 Å². The van der Waals surface area contributed by atoms with Crippen LogP contribution >= 0.6 is 11.6 Å². The van der Waals surface area contributed by atoms with Crippen LogP contribution in [0.1, 0.15) is 15.9 Å². The summed E-state index contributed by atoms with van der Waals surface area (Å²) in [5.41, 5.74) is 0.385. The number of esters is 1. The van der Waals surface area contributed by atoms with Crippen LogP contribution in [0.2, 0.25) is 5.02 Å². The first-order valence-corrected chi connectivity index (χ1v) is 7.58. The van der Waals surface area contributed by atoms with E-state index in [1.165, 1.54) is 12.1 Å². The van der Waals surface area contributed by atoms with Crippen molar-refractivity contribution >= 4 is 29.5 Å². The molecule has 0 aliphatic rings. The number of nitrogens with one attached hydrogen (secondary N) is 2. The van der Waals surface area contributed by atoms with Crippen LogP contribution in [-0.4, -0.2) is 24.5 Å². The molecule has 0 aliphatic heterocycles. The fraction of sp³-hybridized carbons (Fsp3) is 0.118. The van der Waals surface area contributed by atoms with Crippen LogP contribution in [0.4, 0.5) is 9.18 Å². The molecule has 2 aromatic carbocycles. The topological polar surface area (TPSA) is 84.5 Å². The van der Waals surface area contributed by atoms with Gasteiger partial charge < -0.3 is 10.1 Å². The standard InChI is InChI=1S/C17H14ClFN2O4/c18-12-7-4-8-13(19)15(12)16(23)25-10-14(22)21-17(24)20-9-11-5-2-1-3-6-11/h1-8H,9-10H2,(H2,20,21,22,24). The summed E-state index contributed by atoms with van der Waals surface area (Å²) >= 11 is 5.72. The predicted octanol–water partition coefficient (Wildman–Crippen LogP) is 2.66. The van der Waals surface area contributed by atoms with E-state index in [1.807, 2.05) is 35.6 Å². The number of imide groups is 1. The summed E-state index contributed by atoms with van der Waals surface area (Å²) in [6.45, 7) is -0.521. The second-order valence-corrected chi connectivity index (χ2v) is 5.30. The van der Waals surface area contributed by atoms with Crippen molar-refractivity contribution in [2.75, 3.05) is 6.61 Å². The first kappa shape index (κ1) is 18.4. The van der Waals surface area contributed by atoms with Crippen molar-refractivity contribution in [2.45, 2.75) is 6.54 Å². The summed E-state index contributed by atoms with van der Waals surface area (Å²) in [6, 6.07) is 12.0. The van der Waals surface area contributed by atoms with E-state index in [0.29, 0.717) is 0 Å². The molecule has 2 rings (SSSR count). The maximum absolute atomic E-state index is 13.5. The van der Waals surface area contributed by atoms with E-state index in [-0.39, 0.29) is 11.6 Å². The van der Waals surface area contributed by atoms with Gasteiger partial charge in [0.2, 0.25) is 0 Å². The molecule has 0 atom stereocenters. The van der Waals surface area contributed by atoms with Gasteiger partial charge in [-0.2, -0.15) is 0 Å². The summed E-state index contributed by atoms with van der Waals surface area (Å²) in [5, 5.41) is 4.33. The maximum atomic E-state index is 13.5. The molecule has 0 heterocycles. The lowest BCUT2D eigenvalue weighted by molar-refractivity contribution is -0.123. The van der Waals surface area contributed by atoms with E-state index in [2.05, 4.69) is 10.1 Å². The molecular formula is C17H14ClFN2O4. The largest absolute Gasteiger partial charge is 0.452 e. The third-order valence-electron chi connectivity index (χ3n) is 3.05. The van der Waals surface area contributed by atoms with Gasteiger partial charge in [-0.25, -0.2) is 14.0 Å². The van der Waals surface area contributed by atoms with E-state index in [9.17, 15) is 18.8 Å². The average Bonchev–Trinajstić information content (AvgIpc) is 2.59. The molecule has 25 heavy (non-hydrogen) atoms. The van der Waals surface area contributed by atoms with Crippen LogP contribution in [0.15, 0.2) is 48.5 Å². The monoisotopic (exact) mass is 364 g/mol. The summed E-state index contributed by atoms with van der Waals surface area (Å²) < 4.78 is 18.2. The molecule has 8 heteroatoms. The molecule has 0 fully saturated rings. The molecule has 0 saturated heterocycles. The zero-order valence-corrected chi connectivity index (χ0v) is 13.7. The smallest absolute Gasteiger partial charge is 0.343 e. The van der Waals surface area contributed by atoms with Crippen molar-refractivity contribution in [2.24, 2.45) is 0 Å². The van der Waals surface area contributed by atoms with E-state index in [4.69, 9.17) is 11.6 Å². The third-order valence-corrected chi connectivity index (χ3v) is 3.37. The van der Waals surface area contributed by atoms with E-state index in [1.54, 1.807) is 0 Å². The molecule has 6 nitrogen and oxygen atoms in total. The van der Waals surface area contributed by atoms with Crippen molar-refractivity contribution in [3.8, 4) is 0 Å². The van der Waals surface area contributed by atoms with Crippen LogP contribution in [0, 0.1) is 5.82 Å². The molecule has 2 N–H and O–H groups in total. The molecule has 0 aromatic heterocycles. The molecule has 0 aliphatic carbocycles. The fourth-order valence-electron chi connectivity index (χ4n) is 1.88. The van der Waals surface area contributed by atoms with Crippen molar-refractivity contribution in [3.63, 3.8) is 0 Å². The molecule has 130 valence electrons. The molecule has 0 bridgehead atoms. The average molecular weight is 365 g/mol. The number of carbonyl (C=O) groups is 3. The molecule has 0 unspecified atom stereocenters. The second-order valence-electron chi connectivity index (χ2n) is 4.89. The third kappa shape index (κ3) is 5.58. The van der Waals surface area contributed by atoms with E-state index < -0.39 is 35.9 Å². The van der Waals surface area contributed by atoms with Gasteiger partial charge in [0, 0.05) is 6.54 Å². The molecule has 3 amide bonds. The number of hydrogen-bond donors (Lipinski definition) is 2. The Hall–Kier alpha value is -2.93. The van der Waals surface area contributed by atoms with Gasteiger partial charge in [0.05, 0.1) is 5.02 Å². The van der Waals surface area contributed by atoms with Crippen molar-refractivity contribution in [1.82, 2.24) is 10.6 Å². The molecule has 2 aromatic rings. The summed E-state index contributed by atoms with van der Waals surface area (Å²) in [5.74, 6) is -2.81. The highest BCUT2D eigenvalue weighted by Crippen LogP contribution is 2.19. The summed E-state index contributed by atoms with van der Waals surface area (Å²) in [4.78, 5) is 34.9. The van der Waals surface area contributed by atoms with E-state index in [0.717, 1.165) is 11.6 Å². The Labute approximate surface area is 147 Å². The Bertz CT molecular complexity index is 763. The van der Waals surface area contributed by atoms with Crippen molar-refractivity contribution in [1.29, 1.82) is 0 Å². The number of rotatable bonds is 5. The Balaban J connectivity index is 1.78. The zero-order chi connectivity index (χ0) is 18.2. The summed E-state index contributed by atoms with van der Waals surface area (Å²) in [7, 11) is 0. The number of ether oxygens (including phenoxy) is 1. The molecular weight excluding hydrogens is 351 g/mol. The molecule has 0 spiro atoms. The van der Waals surface area contributed by atoms with Crippen LogP contribution in [0.25, 0.3) is 0 Å². The molecule has 0 saturated carbocycles. The fourth-order valence-corrected chi connectivity index (χ4v) is 2.12. The number of amides is 3. The highest BCUT2D eigenvalue weighted by molar-refractivity contribution is 6.33. The van der Waals surface area contributed by atoms with Gasteiger partial charge >= 0.3 is 12.0 Å². The lowest BCUT2D eigenvalue weighted by Crippen LogP contribution is -2.41. The number of halogens is 2. The number of hydrogen-bond acceptors (Lipinski definition) is 4. The number of urea groups is 1. The number of carbonyl (C=O) groups excluding carboxylic acids is 3. The van der Waals surface area contributed by atoms with Gasteiger partial charge in [0.25, 0.3) is 5.91 Å². The minimum absolute atomic E-state index is 0.133.